The fourth-order valence-electron chi connectivity index (χ4n) is 3.25. The molecule has 1 saturated heterocycles. The van der Waals surface area contributed by atoms with E-state index in [0.717, 1.165) is 10.6 Å². The molecule has 31 heavy (non-hydrogen) atoms. The van der Waals surface area contributed by atoms with Gasteiger partial charge in [-0.2, -0.15) is 0 Å². The molecular formula is C23H19Cl2N3O3. The minimum absolute atomic E-state index is 0.151. The molecule has 3 aromatic rings. The number of hydrogen-bond acceptors (Lipinski definition) is 4. The van der Waals surface area contributed by atoms with Crippen LogP contribution in [0.25, 0.3) is 0 Å². The lowest BCUT2D eigenvalue weighted by Gasteiger charge is -2.22. The Balaban J connectivity index is 1.52. The van der Waals surface area contributed by atoms with E-state index in [-0.39, 0.29) is 21.6 Å². The van der Waals surface area contributed by atoms with Crippen LogP contribution in [0.1, 0.15) is 5.56 Å². The fraction of sp³-hybridized carbons (Fsp3) is 0.130. The first-order chi connectivity index (χ1) is 15.0. The van der Waals surface area contributed by atoms with E-state index in [9.17, 15) is 9.59 Å². The summed E-state index contributed by atoms with van der Waals surface area (Å²) in [6.07, 6.45) is -1.92. The highest BCUT2D eigenvalue weighted by Crippen LogP contribution is 2.34. The molecule has 0 saturated carbocycles. The molecule has 1 fully saturated rings. The Morgan fingerprint density at radius 3 is 2.13 bits per heavy atom. The van der Waals surface area contributed by atoms with Crippen molar-refractivity contribution in [3.8, 4) is 0 Å². The van der Waals surface area contributed by atoms with Crippen LogP contribution in [0, 0.1) is 0 Å². The molecule has 3 aromatic carbocycles. The van der Waals surface area contributed by atoms with Gasteiger partial charge in [0.25, 0.3) is 11.8 Å². The van der Waals surface area contributed by atoms with Gasteiger partial charge >= 0.3 is 0 Å². The van der Waals surface area contributed by atoms with Crippen molar-refractivity contribution < 1.29 is 14.3 Å². The fourth-order valence-corrected chi connectivity index (χ4v) is 3.63. The lowest BCUT2D eigenvalue weighted by Crippen LogP contribution is -2.43. The second-order valence-electron chi connectivity index (χ2n) is 7.00. The summed E-state index contributed by atoms with van der Waals surface area (Å²) in [5.41, 5.74) is 1.90. The lowest BCUT2D eigenvalue weighted by atomic mass is 10.1. The van der Waals surface area contributed by atoms with E-state index >= 15 is 0 Å². The molecule has 0 aliphatic carbocycles. The van der Waals surface area contributed by atoms with Crippen molar-refractivity contribution in [3.63, 3.8) is 0 Å². The number of nitrogens with two attached hydrogens (primary N) is 1. The van der Waals surface area contributed by atoms with Crippen LogP contribution in [0.3, 0.4) is 0 Å². The summed E-state index contributed by atoms with van der Waals surface area (Å²) < 4.78 is 5.45. The van der Waals surface area contributed by atoms with Gasteiger partial charge in [0.15, 0.2) is 12.2 Å². The minimum Gasteiger partial charge on any atom is -0.349 e. The third kappa shape index (κ3) is 4.57. The SMILES string of the molecule is NN(C(=O)[C@H]1O[C@@H]1C(=O)N(Cc1ccccc1)c1ccccc1)c1cccc(Cl)c1Cl. The second kappa shape index (κ2) is 9.08. The smallest absolute Gasteiger partial charge is 0.273 e. The molecule has 1 aliphatic heterocycles. The zero-order valence-corrected chi connectivity index (χ0v) is 17.8. The highest BCUT2D eigenvalue weighted by Gasteiger charge is 2.53. The number of ether oxygens (including phenoxy) is 1. The van der Waals surface area contributed by atoms with Crippen LogP contribution in [-0.4, -0.2) is 24.0 Å². The van der Waals surface area contributed by atoms with Gasteiger partial charge in [-0.15, -0.1) is 0 Å². The molecule has 0 aromatic heterocycles. The van der Waals surface area contributed by atoms with Crippen molar-refractivity contribution >= 4 is 46.4 Å². The number of nitrogens with zero attached hydrogens (tertiary/aromatic N) is 2. The van der Waals surface area contributed by atoms with Gasteiger partial charge < -0.3 is 9.64 Å². The van der Waals surface area contributed by atoms with Crippen LogP contribution >= 0.6 is 23.2 Å². The number of rotatable bonds is 6. The van der Waals surface area contributed by atoms with Crippen LogP contribution in [0.2, 0.25) is 10.0 Å². The first kappa shape index (κ1) is 21.3. The Bertz CT molecular complexity index is 1100. The quantitative estimate of drug-likeness (QED) is 0.261. The molecule has 158 valence electrons. The monoisotopic (exact) mass is 455 g/mol. The number of epoxide rings is 1. The van der Waals surface area contributed by atoms with Gasteiger partial charge in [-0.3, -0.25) is 9.59 Å². The number of amides is 2. The van der Waals surface area contributed by atoms with E-state index in [1.807, 2.05) is 60.7 Å². The van der Waals surface area contributed by atoms with Crippen molar-refractivity contribution in [1.82, 2.24) is 0 Å². The summed E-state index contributed by atoms with van der Waals surface area (Å²) in [5, 5.41) is 1.29. The molecule has 0 bridgehead atoms. The van der Waals surface area contributed by atoms with E-state index in [1.165, 1.54) is 0 Å². The standard InChI is InChI=1S/C23H19Cl2N3O3/c24-17-12-7-13-18(19(17)25)28(26)23(30)21-20(31-21)22(29)27(16-10-5-2-6-11-16)14-15-8-3-1-4-9-15/h1-13,20-21H,14,26H2/t20-,21-/m0/s1. The summed E-state index contributed by atoms with van der Waals surface area (Å²) in [6.45, 7) is 0.344. The van der Waals surface area contributed by atoms with Gasteiger partial charge in [0.2, 0.25) is 0 Å². The molecule has 2 atom stereocenters. The first-order valence-corrected chi connectivity index (χ1v) is 10.3. The van der Waals surface area contributed by atoms with Crippen molar-refractivity contribution in [2.24, 2.45) is 5.84 Å². The van der Waals surface area contributed by atoms with Crippen molar-refractivity contribution in [2.45, 2.75) is 18.8 Å². The van der Waals surface area contributed by atoms with E-state index < -0.39 is 18.1 Å². The molecule has 8 heteroatoms. The number of halogens is 2. The Hall–Kier alpha value is -2.90. The number of carbonyl (C=O) groups excluding carboxylic acids is 2. The van der Waals surface area contributed by atoms with E-state index in [1.54, 1.807) is 23.1 Å². The summed E-state index contributed by atoms with van der Waals surface area (Å²) in [5.74, 6) is 5.06. The summed E-state index contributed by atoms with van der Waals surface area (Å²) in [7, 11) is 0. The minimum atomic E-state index is -0.991. The Labute approximate surface area is 189 Å². The Morgan fingerprint density at radius 1 is 0.839 bits per heavy atom. The average Bonchev–Trinajstić information content (AvgIpc) is 3.60. The van der Waals surface area contributed by atoms with E-state index in [2.05, 4.69) is 0 Å². The number of benzene rings is 3. The maximum Gasteiger partial charge on any atom is 0.273 e. The predicted molar refractivity (Wildman–Crippen MR) is 121 cm³/mol. The molecule has 1 heterocycles. The molecular weight excluding hydrogens is 437 g/mol. The normalized spacial score (nSPS) is 17.1. The van der Waals surface area contributed by atoms with Crippen LogP contribution in [-0.2, 0) is 20.9 Å². The maximum absolute atomic E-state index is 13.2. The molecule has 2 N–H and O–H groups in total. The zero-order chi connectivity index (χ0) is 22.0. The Morgan fingerprint density at radius 2 is 1.45 bits per heavy atom. The van der Waals surface area contributed by atoms with Gasteiger partial charge in [0.1, 0.15) is 0 Å². The number of carbonyl (C=O) groups is 2. The van der Waals surface area contributed by atoms with Gasteiger partial charge in [-0.1, -0.05) is 77.8 Å². The van der Waals surface area contributed by atoms with Crippen LogP contribution in [0.15, 0.2) is 78.9 Å². The van der Waals surface area contributed by atoms with Crippen LogP contribution in [0.4, 0.5) is 11.4 Å². The zero-order valence-electron chi connectivity index (χ0n) is 16.3. The highest BCUT2D eigenvalue weighted by atomic mass is 35.5. The number of hydrogen-bond donors (Lipinski definition) is 1. The molecule has 4 rings (SSSR count). The molecule has 0 radical (unpaired) electrons. The predicted octanol–water partition coefficient (Wildman–Crippen LogP) is 4.20. The molecule has 2 amide bonds. The number of anilines is 2. The summed E-state index contributed by atoms with van der Waals surface area (Å²) >= 11 is 12.2. The lowest BCUT2D eigenvalue weighted by molar-refractivity contribution is -0.121. The molecule has 0 unspecified atom stereocenters. The number of hydrazine groups is 1. The molecule has 1 aliphatic rings. The first-order valence-electron chi connectivity index (χ1n) is 9.56. The van der Waals surface area contributed by atoms with Crippen LogP contribution in [0.5, 0.6) is 0 Å². The van der Waals surface area contributed by atoms with Gasteiger partial charge in [0.05, 0.1) is 22.3 Å². The van der Waals surface area contributed by atoms with Gasteiger partial charge in [-0.25, -0.2) is 10.9 Å². The average molecular weight is 456 g/mol. The van der Waals surface area contributed by atoms with E-state index in [0.29, 0.717) is 12.2 Å². The molecule has 6 nitrogen and oxygen atoms in total. The summed E-state index contributed by atoms with van der Waals surface area (Å²) in [6, 6.07) is 23.6. The summed E-state index contributed by atoms with van der Waals surface area (Å²) in [4.78, 5) is 27.7. The van der Waals surface area contributed by atoms with Gasteiger partial charge in [-0.05, 0) is 29.8 Å². The topological polar surface area (TPSA) is 79.2 Å². The van der Waals surface area contributed by atoms with Gasteiger partial charge in [0, 0.05) is 5.69 Å². The van der Waals surface area contributed by atoms with Crippen molar-refractivity contribution in [3.05, 3.63) is 94.5 Å². The third-order valence-electron chi connectivity index (χ3n) is 4.92. The second-order valence-corrected chi connectivity index (χ2v) is 7.79. The molecule has 0 spiro atoms. The van der Waals surface area contributed by atoms with Crippen LogP contribution < -0.4 is 15.8 Å². The van der Waals surface area contributed by atoms with E-state index in [4.69, 9.17) is 33.8 Å². The third-order valence-corrected chi connectivity index (χ3v) is 5.73. The van der Waals surface area contributed by atoms with Crippen molar-refractivity contribution in [2.75, 3.05) is 9.91 Å². The largest absolute Gasteiger partial charge is 0.349 e. The highest BCUT2D eigenvalue weighted by molar-refractivity contribution is 6.44. The number of para-hydroxylation sites is 1. The van der Waals surface area contributed by atoms with Crippen molar-refractivity contribution in [1.29, 1.82) is 0 Å². The Kier molecular flexibility index (Phi) is 6.25. The maximum atomic E-state index is 13.2.